The van der Waals surface area contributed by atoms with Crippen molar-refractivity contribution in [3.05, 3.63) is 0 Å². The fourth-order valence-electron chi connectivity index (χ4n) is 1.16. The highest BCUT2D eigenvalue weighted by atomic mass is 16.2. The molecule has 0 spiro atoms. The molecule has 0 aliphatic carbocycles. The molecule has 1 rings (SSSR count). The van der Waals surface area contributed by atoms with Crippen LogP contribution in [0.2, 0.25) is 0 Å². The van der Waals surface area contributed by atoms with E-state index in [0.717, 1.165) is 19.4 Å². The first kappa shape index (κ1) is 8.04. The maximum Gasteiger partial charge on any atom is 0.242 e. The van der Waals surface area contributed by atoms with Gasteiger partial charge in [0, 0.05) is 13.5 Å². The van der Waals surface area contributed by atoms with Crippen molar-refractivity contribution < 1.29 is 9.59 Å². The third-order valence-corrected chi connectivity index (χ3v) is 1.66. The molecule has 0 aromatic rings. The van der Waals surface area contributed by atoms with Gasteiger partial charge in [0.15, 0.2) is 0 Å². The fraction of sp³-hybridized carbons (Fsp3) is 0.714. The second kappa shape index (κ2) is 3.37. The fourth-order valence-corrected chi connectivity index (χ4v) is 1.16. The molecule has 0 aromatic heterocycles. The maximum atomic E-state index is 11.0. The molecule has 4 nitrogen and oxygen atoms in total. The van der Waals surface area contributed by atoms with Gasteiger partial charge in [-0.25, -0.2) is 0 Å². The van der Waals surface area contributed by atoms with Gasteiger partial charge in [-0.05, 0) is 12.8 Å². The van der Waals surface area contributed by atoms with E-state index in [1.807, 2.05) is 0 Å². The Kier molecular flexibility index (Phi) is 2.46. The first-order chi connectivity index (χ1) is 5.20. The number of amides is 2. The Bertz CT molecular complexity index is 179. The van der Waals surface area contributed by atoms with Crippen LogP contribution in [0.1, 0.15) is 19.8 Å². The Balaban J connectivity index is 2.42. The van der Waals surface area contributed by atoms with Crippen LogP contribution in [0.15, 0.2) is 0 Å². The van der Waals surface area contributed by atoms with Gasteiger partial charge in [-0.2, -0.15) is 0 Å². The van der Waals surface area contributed by atoms with Gasteiger partial charge in [0.05, 0.1) is 0 Å². The molecule has 0 radical (unpaired) electrons. The van der Waals surface area contributed by atoms with Gasteiger partial charge in [-0.15, -0.1) is 0 Å². The highest BCUT2D eigenvalue weighted by molar-refractivity contribution is 5.87. The van der Waals surface area contributed by atoms with E-state index in [9.17, 15) is 9.59 Å². The van der Waals surface area contributed by atoms with Crippen LogP contribution in [0, 0.1) is 0 Å². The van der Waals surface area contributed by atoms with Gasteiger partial charge in [0.25, 0.3) is 0 Å². The molecule has 0 aromatic carbocycles. The number of nitrogens with one attached hydrogen (secondary N) is 2. The van der Waals surface area contributed by atoms with E-state index in [-0.39, 0.29) is 17.9 Å². The topological polar surface area (TPSA) is 58.2 Å². The van der Waals surface area contributed by atoms with Crippen molar-refractivity contribution in [2.75, 3.05) is 6.54 Å². The van der Waals surface area contributed by atoms with Crippen molar-refractivity contribution in [2.45, 2.75) is 25.8 Å². The van der Waals surface area contributed by atoms with Crippen LogP contribution >= 0.6 is 0 Å². The Morgan fingerprint density at radius 1 is 1.73 bits per heavy atom. The Hall–Kier alpha value is -1.06. The summed E-state index contributed by atoms with van der Waals surface area (Å²) >= 11 is 0. The number of hydrogen-bond donors (Lipinski definition) is 2. The van der Waals surface area contributed by atoms with Crippen molar-refractivity contribution in [3.8, 4) is 0 Å². The van der Waals surface area contributed by atoms with Crippen LogP contribution in [0.5, 0.6) is 0 Å². The highest BCUT2D eigenvalue weighted by Gasteiger charge is 2.21. The molecule has 62 valence electrons. The SMILES string of the molecule is CC(=O)N[C@@H]1CCCNC1=O. The lowest BCUT2D eigenvalue weighted by Gasteiger charge is -2.21. The minimum atomic E-state index is -0.304. The molecule has 1 aliphatic heterocycles. The zero-order valence-corrected chi connectivity index (χ0v) is 6.52. The summed E-state index contributed by atoms with van der Waals surface area (Å²) in [5.41, 5.74) is 0. The molecule has 2 amide bonds. The second-order valence-corrected chi connectivity index (χ2v) is 2.69. The Morgan fingerprint density at radius 2 is 2.45 bits per heavy atom. The number of rotatable bonds is 1. The normalized spacial score (nSPS) is 24.1. The van der Waals surface area contributed by atoms with Crippen LogP contribution in [0.3, 0.4) is 0 Å². The molecule has 0 bridgehead atoms. The summed E-state index contributed by atoms with van der Waals surface area (Å²) in [7, 11) is 0. The minimum Gasteiger partial charge on any atom is -0.354 e. The van der Waals surface area contributed by atoms with Gasteiger partial charge >= 0.3 is 0 Å². The standard InChI is InChI=1S/C7H12N2O2/c1-5(10)9-6-3-2-4-8-7(6)11/h6H,2-4H2,1H3,(H,8,11)(H,9,10)/t6-/m1/s1. The molecular formula is C7H12N2O2. The number of piperidine rings is 1. The van der Waals surface area contributed by atoms with E-state index in [4.69, 9.17) is 0 Å². The predicted octanol–water partition coefficient (Wildman–Crippen LogP) is -0.599. The lowest BCUT2D eigenvalue weighted by atomic mass is 10.1. The van der Waals surface area contributed by atoms with E-state index >= 15 is 0 Å². The molecule has 1 fully saturated rings. The Morgan fingerprint density at radius 3 is 3.00 bits per heavy atom. The molecule has 0 unspecified atom stereocenters. The Labute approximate surface area is 65.3 Å². The average molecular weight is 156 g/mol. The van der Waals surface area contributed by atoms with Crippen molar-refractivity contribution in [2.24, 2.45) is 0 Å². The second-order valence-electron chi connectivity index (χ2n) is 2.69. The van der Waals surface area contributed by atoms with Crippen LogP contribution in [-0.2, 0) is 9.59 Å². The van der Waals surface area contributed by atoms with Gasteiger partial charge < -0.3 is 10.6 Å². The predicted molar refractivity (Wildman–Crippen MR) is 39.8 cm³/mol. The lowest BCUT2D eigenvalue weighted by Crippen LogP contribution is -2.49. The van der Waals surface area contributed by atoms with Crippen molar-refractivity contribution in [1.82, 2.24) is 10.6 Å². The summed E-state index contributed by atoms with van der Waals surface area (Å²) in [6, 6.07) is -0.304. The maximum absolute atomic E-state index is 11.0. The summed E-state index contributed by atoms with van der Waals surface area (Å²) in [6.07, 6.45) is 1.70. The molecule has 1 atom stereocenters. The molecular weight excluding hydrogens is 144 g/mol. The summed E-state index contributed by atoms with van der Waals surface area (Å²) < 4.78 is 0. The highest BCUT2D eigenvalue weighted by Crippen LogP contribution is 2.01. The summed E-state index contributed by atoms with van der Waals surface area (Å²) in [4.78, 5) is 21.6. The van der Waals surface area contributed by atoms with E-state index in [0.29, 0.717) is 0 Å². The largest absolute Gasteiger partial charge is 0.354 e. The molecule has 0 saturated carbocycles. The van der Waals surface area contributed by atoms with E-state index < -0.39 is 0 Å². The molecule has 11 heavy (non-hydrogen) atoms. The first-order valence-corrected chi connectivity index (χ1v) is 3.75. The zero-order chi connectivity index (χ0) is 8.27. The molecule has 4 heteroatoms. The average Bonchev–Trinajstić information content (AvgIpc) is 1.93. The van der Waals surface area contributed by atoms with E-state index in [1.165, 1.54) is 6.92 Å². The molecule has 1 saturated heterocycles. The quantitative estimate of drug-likeness (QED) is 0.532. The van der Waals surface area contributed by atoms with Gasteiger partial charge in [0.2, 0.25) is 11.8 Å². The summed E-state index contributed by atoms with van der Waals surface area (Å²) in [5, 5.41) is 5.26. The lowest BCUT2D eigenvalue weighted by molar-refractivity contribution is -0.129. The number of carbonyl (C=O) groups excluding carboxylic acids is 2. The van der Waals surface area contributed by atoms with Crippen LogP contribution in [0.4, 0.5) is 0 Å². The third kappa shape index (κ3) is 2.22. The number of carbonyl (C=O) groups is 2. The van der Waals surface area contributed by atoms with E-state index in [2.05, 4.69) is 10.6 Å². The third-order valence-electron chi connectivity index (χ3n) is 1.66. The number of hydrogen-bond acceptors (Lipinski definition) is 2. The van der Waals surface area contributed by atoms with Gasteiger partial charge in [0.1, 0.15) is 6.04 Å². The van der Waals surface area contributed by atoms with Crippen molar-refractivity contribution in [1.29, 1.82) is 0 Å². The summed E-state index contributed by atoms with van der Waals surface area (Å²) in [5.74, 6) is -0.210. The first-order valence-electron chi connectivity index (χ1n) is 3.75. The van der Waals surface area contributed by atoms with E-state index in [1.54, 1.807) is 0 Å². The molecule has 1 aliphatic rings. The van der Waals surface area contributed by atoms with Crippen LogP contribution in [-0.4, -0.2) is 24.4 Å². The monoisotopic (exact) mass is 156 g/mol. The molecule has 2 N–H and O–H groups in total. The zero-order valence-electron chi connectivity index (χ0n) is 6.52. The van der Waals surface area contributed by atoms with Gasteiger partial charge in [-0.1, -0.05) is 0 Å². The van der Waals surface area contributed by atoms with Crippen molar-refractivity contribution >= 4 is 11.8 Å². The van der Waals surface area contributed by atoms with Crippen LogP contribution < -0.4 is 10.6 Å². The van der Waals surface area contributed by atoms with Gasteiger partial charge in [-0.3, -0.25) is 9.59 Å². The minimum absolute atomic E-state index is 0.0635. The molecule has 1 heterocycles. The smallest absolute Gasteiger partial charge is 0.242 e. The summed E-state index contributed by atoms with van der Waals surface area (Å²) in [6.45, 7) is 2.15. The van der Waals surface area contributed by atoms with Crippen molar-refractivity contribution in [3.63, 3.8) is 0 Å². The van der Waals surface area contributed by atoms with Crippen LogP contribution in [0.25, 0.3) is 0 Å².